The van der Waals surface area contributed by atoms with Crippen molar-refractivity contribution in [3.63, 3.8) is 0 Å². The highest BCUT2D eigenvalue weighted by molar-refractivity contribution is 7.91. The molecule has 0 bridgehead atoms. The summed E-state index contributed by atoms with van der Waals surface area (Å²) in [5, 5.41) is 26.3. The van der Waals surface area contributed by atoms with Gasteiger partial charge in [-0.25, -0.2) is 8.42 Å². The lowest BCUT2D eigenvalue weighted by Crippen LogP contribution is -2.17. The van der Waals surface area contributed by atoms with Crippen molar-refractivity contribution in [2.45, 2.75) is 23.7 Å². The summed E-state index contributed by atoms with van der Waals surface area (Å²) in [5.74, 6) is 0.0253. The summed E-state index contributed by atoms with van der Waals surface area (Å²) in [4.78, 5) is 21.0. The molecule has 0 radical (unpaired) electrons. The summed E-state index contributed by atoms with van der Waals surface area (Å²) < 4.78 is 24.6. The maximum atomic E-state index is 12.3. The van der Waals surface area contributed by atoms with E-state index in [-0.39, 0.29) is 17.4 Å². The molecular formula is C17H14N4O6S. The molecule has 1 heterocycles. The van der Waals surface area contributed by atoms with Crippen molar-refractivity contribution in [3.8, 4) is 0 Å². The average molecular weight is 402 g/mol. The van der Waals surface area contributed by atoms with E-state index in [1.54, 1.807) is 18.2 Å². The molecule has 0 aromatic heterocycles. The number of non-ortho nitro benzene ring substituents is 1. The minimum absolute atomic E-state index is 0.0189. The Morgan fingerprint density at radius 3 is 2.61 bits per heavy atom. The van der Waals surface area contributed by atoms with E-state index in [0.29, 0.717) is 29.0 Å². The van der Waals surface area contributed by atoms with Crippen molar-refractivity contribution in [3.05, 3.63) is 67.8 Å². The Morgan fingerprint density at radius 2 is 1.89 bits per heavy atom. The molecule has 10 nitrogen and oxygen atoms in total. The van der Waals surface area contributed by atoms with Crippen molar-refractivity contribution >= 4 is 32.6 Å². The van der Waals surface area contributed by atoms with Gasteiger partial charge in [0.1, 0.15) is 5.69 Å². The zero-order valence-corrected chi connectivity index (χ0v) is 15.2. The summed E-state index contributed by atoms with van der Waals surface area (Å²) in [5.41, 5.74) is 3.85. The summed E-state index contributed by atoms with van der Waals surface area (Å²) in [7, 11) is -3.30. The van der Waals surface area contributed by atoms with Crippen LogP contribution >= 0.6 is 0 Å². The van der Waals surface area contributed by atoms with E-state index in [2.05, 4.69) is 10.5 Å². The Morgan fingerprint density at radius 1 is 1.11 bits per heavy atom. The Hall–Kier alpha value is -3.34. The number of hydrogen-bond donors (Lipinski definition) is 1. The average Bonchev–Trinajstić information content (AvgIpc) is 2.93. The number of nitrogens with one attached hydrogen (secondary N) is 1. The van der Waals surface area contributed by atoms with E-state index < -0.39 is 31.1 Å². The highest BCUT2D eigenvalue weighted by Gasteiger charge is 2.39. The Balaban J connectivity index is 1.72. The minimum Gasteiger partial charge on any atom is -0.271 e. The van der Waals surface area contributed by atoms with Gasteiger partial charge in [-0.3, -0.25) is 25.7 Å². The number of hydrogen-bond acceptors (Lipinski definition) is 8. The molecule has 1 atom stereocenters. The second kappa shape index (κ2) is 6.37. The van der Waals surface area contributed by atoms with Crippen LogP contribution in [0, 0.1) is 20.2 Å². The maximum Gasteiger partial charge on any atom is 0.301 e. The largest absolute Gasteiger partial charge is 0.301 e. The number of sulfone groups is 1. The first kappa shape index (κ1) is 18.0. The minimum atomic E-state index is -3.30. The van der Waals surface area contributed by atoms with E-state index >= 15 is 0 Å². The number of anilines is 1. The highest BCUT2D eigenvalue weighted by atomic mass is 32.2. The fourth-order valence-electron chi connectivity index (χ4n) is 3.72. The topological polar surface area (TPSA) is 145 Å². The number of nitro groups is 2. The summed E-state index contributed by atoms with van der Waals surface area (Å²) in [6.45, 7) is 0. The lowest BCUT2D eigenvalue weighted by atomic mass is 9.83. The molecule has 0 saturated heterocycles. The molecule has 4 rings (SSSR count). The van der Waals surface area contributed by atoms with E-state index in [0.717, 1.165) is 17.7 Å². The maximum absolute atomic E-state index is 12.3. The summed E-state index contributed by atoms with van der Waals surface area (Å²) >= 11 is 0. The third kappa shape index (κ3) is 2.89. The number of nitro benzene ring substituents is 2. The molecule has 2 aliphatic rings. The van der Waals surface area contributed by atoms with Crippen LogP contribution in [-0.2, 0) is 9.84 Å². The highest BCUT2D eigenvalue weighted by Crippen LogP contribution is 2.43. The molecule has 144 valence electrons. The van der Waals surface area contributed by atoms with Gasteiger partial charge in [-0.2, -0.15) is 5.10 Å². The van der Waals surface area contributed by atoms with Crippen LogP contribution in [0.1, 0.15) is 29.9 Å². The van der Waals surface area contributed by atoms with Gasteiger partial charge in [-0.15, -0.1) is 0 Å². The standard InChI is InChI=1S/C17H14N4O6S/c22-20(23)11-5-7-14(15(8-11)21(24)25)19-18-13-6-4-10-9-28(26,27)16-3-1-2-12(13)17(10)16/h1-3,5,7-8,10,19H,4,6,9H2/b18-13-. The first-order chi connectivity index (χ1) is 13.3. The monoisotopic (exact) mass is 402 g/mol. The molecule has 11 heteroatoms. The Bertz CT molecular complexity index is 1160. The fourth-order valence-corrected chi connectivity index (χ4v) is 5.66. The Labute approximate surface area is 159 Å². The van der Waals surface area contributed by atoms with Crippen molar-refractivity contribution in [2.75, 3.05) is 11.2 Å². The van der Waals surface area contributed by atoms with E-state index in [4.69, 9.17) is 0 Å². The third-order valence-corrected chi connectivity index (χ3v) is 6.84. The molecule has 0 saturated carbocycles. The van der Waals surface area contributed by atoms with Gasteiger partial charge in [0, 0.05) is 17.5 Å². The van der Waals surface area contributed by atoms with Gasteiger partial charge in [0.2, 0.25) is 0 Å². The molecule has 0 amide bonds. The van der Waals surface area contributed by atoms with Crippen LogP contribution < -0.4 is 5.43 Å². The van der Waals surface area contributed by atoms with E-state index in [1.165, 1.54) is 6.07 Å². The molecule has 1 aliphatic heterocycles. The molecule has 1 unspecified atom stereocenters. The van der Waals surface area contributed by atoms with Crippen LogP contribution in [0.2, 0.25) is 0 Å². The van der Waals surface area contributed by atoms with Gasteiger partial charge in [0.05, 0.1) is 32.3 Å². The van der Waals surface area contributed by atoms with Crippen LogP contribution in [0.15, 0.2) is 46.4 Å². The normalized spacial score (nSPS) is 20.6. The first-order valence-corrected chi connectivity index (χ1v) is 10.0. The van der Waals surface area contributed by atoms with Crippen LogP contribution in [0.5, 0.6) is 0 Å². The van der Waals surface area contributed by atoms with Crippen LogP contribution in [0.3, 0.4) is 0 Å². The molecule has 0 spiro atoms. The van der Waals surface area contributed by atoms with Crippen molar-refractivity contribution in [2.24, 2.45) is 5.10 Å². The number of hydrazone groups is 1. The van der Waals surface area contributed by atoms with Crippen LogP contribution in [0.4, 0.5) is 17.1 Å². The van der Waals surface area contributed by atoms with Gasteiger partial charge in [-0.1, -0.05) is 12.1 Å². The second-order valence-corrected chi connectivity index (χ2v) is 8.62. The SMILES string of the molecule is O=[N+]([O-])c1ccc(N/N=C2/CCC3CS(=O)(=O)c4cccc2c43)c([N+](=O)[O-])c1. The van der Waals surface area contributed by atoms with Gasteiger partial charge in [-0.05, 0) is 30.5 Å². The van der Waals surface area contributed by atoms with Crippen molar-refractivity contribution in [1.82, 2.24) is 0 Å². The molecule has 1 aliphatic carbocycles. The van der Waals surface area contributed by atoms with E-state index in [9.17, 15) is 28.6 Å². The molecule has 2 aromatic rings. The van der Waals surface area contributed by atoms with Gasteiger partial charge in [0.15, 0.2) is 9.84 Å². The van der Waals surface area contributed by atoms with Gasteiger partial charge >= 0.3 is 5.69 Å². The zero-order valence-electron chi connectivity index (χ0n) is 14.4. The predicted octanol–water partition coefficient (Wildman–Crippen LogP) is 2.98. The van der Waals surface area contributed by atoms with E-state index in [1.807, 2.05) is 0 Å². The summed E-state index contributed by atoms with van der Waals surface area (Å²) in [6.07, 6.45) is 1.14. The molecule has 2 aromatic carbocycles. The van der Waals surface area contributed by atoms with Crippen molar-refractivity contribution in [1.29, 1.82) is 0 Å². The molecular weight excluding hydrogens is 388 g/mol. The fraction of sp³-hybridized carbons (Fsp3) is 0.235. The first-order valence-electron chi connectivity index (χ1n) is 8.39. The Kier molecular flexibility index (Phi) is 4.11. The lowest BCUT2D eigenvalue weighted by molar-refractivity contribution is -0.393. The smallest absolute Gasteiger partial charge is 0.271 e. The number of benzene rings is 2. The van der Waals surface area contributed by atoms with Crippen LogP contribution in [-0.4, -0.2) is 29.7 Å². The van der Waals surface area contributed by atoms with Crippen LogP contribution in [0.25, 0.3) is 0 Å². The molecule has 28 heavy (non-hydrogen) atoms. The lowest BCUT2D eigenvalue weighted by Gasteiger charge is -2.22. The zero-order chi connectivity index (χ0) is 20.1. The third-order valence-electron chi connectivity index (χ3n) is 4.97. The van der Waals surface area contributed by atoms with Gasteiger partial charge < -0.3 is 0 Å². The number of rotatable bonds is 4. The van der Waals surface area contributed by atoms with Gasteiger partial charge in [0.25, 0.3) is 5.69 Å². The predicted molar refractivity (Wildman–Crippen MR) is 100 cm³/mol. The quantitative estimate of drug-likeness (QED) is 0.611. The number of nitrogens with zero attached hydrogens (tertiary/aromatic N) is 3. The second-order valence-electron chi connectivity index (χ2n) is 6.62. The van der Waals surface area contributed by atoms with Crippen molar-refractivity contribution < 1.29 is 18.3 Å². The summed E-state index contributed by atoms with van der Waals surface area (Å²) in [6, 6.07) is 8.28. The molecule has 0 fully saturated rings. The molecule has 1 N–H and O–H groups in total.